The van der Waals surface area contributed by atoms with Crippen molar-refractivity contribution in [2.24, 2.45) is 0 Å². The van der Waals surface area contributed by atoms with Gasteiger partial charge >= 0.3 is 0 Å². The van der Waals surface area contributed by atoms with E-state index in [2.05, 4.69) is 27.2 Å². The van der Waals surface area contributed by atoms with E-state index in [0.29, 0.717) is 24.0 Å². The molecule has 1 amide bonds. The third-order valence-electron chi connectivity index (χ3n) is 6.07. The SMILES string of the molecule is COc1ccc(N2CCN(C(=O)CSc3nnc(-c4ccccc4)n3-c3ccccc3)CC2)cc1. The van der Waals surface area contributed by atoms with Crippen LogP contribution in [0.4, 0.5) is 5.69 Å². The number of anilines is 1. The molecule has 5 rings (SSSR count). The van der Waals surface area contributed by atoms with E-state index in [1.54, 1.807) is 7.11 Å². The van der Waals surface area contributed by atoms with E-state index >= 15 is 0 Å². The van der Waals surface area contributed by atoms with Crippen LogP contribution >= 0.6 is 11.8 Å². The van der Waals surface area contributed by atoms with Gasteiger partial charge in [-0.1, -0.05) is 60.3 Å². The quantitative estimate of drug-likeness (QED) is 0.362. The lowest BCUT2D eigenvalue weighted by Crippen LogP contribution is -2.49. The summed E-state index contributed by atoms with van der Waals surface area (Å²) < 4.78 is 7.27. The second-order valence-corrected chi connectivity index (χ2v) is 9.14. The summed E-state index contributed by atoms with van der Waals surface area (Å²) >= 11 is 1.43. The molecule has 0 bridgehead atoms. The van der Waals surface area contributed by atoms with Gasteiger partial charge in [-0.15, -0.1) is 10.2 Å². The number of piperazine rings is 1. The standard InChI is InChI=1S/C27H27N5O2S/c1-34-24-14-12-22(13-15-24)30-16-18-31(19-17-30)25(33)20-35-27-29-28-26(21-8-4-2-5-9-21)32(27)23-10-6-3-7-11-23/h2-15H,16-20H2,1H3. The highest BCUT2D eigenvalue weighted by atomic mass is 32.2. The molecule has 0 saturated carbocycles. The minimum atomic E-state index is 0.119. The van der Waals surface area contributed by atoms with Crippen molar-refractivity contribution in [2.75, 3.05) is 43.9 Å². The number of rotatable bonds is 7. The Kier molecular flexibility index (Phi) is 6.99. The monoisotopic (exact) mass is 485 g/mol. The molecule has 1 aliphatic rings. The van der Waals surface area contributed by atoms with Gasteiger partial charge in [-0.2, -0.15) is 0 Å². The van der Waals surface area contributed by atoms with E-state index in [4.69, 9.17) is 4.74 Å². The Balaban J connectivity index is 1.25. The zero-order valence-electron chi connectivity index (χ0n) is 19.6. The van der Waals surface area contributed by atoms with Crippen LogP contribution in [0.1, 0.15) is 0 Å². The van der Waals surface area contributed by atoms with Crippen LogP contribution in [0.3, 0.4) is 0 Å². The van der Waals surface area contributed by atoms with Crippen LogP contribution in [-0.4, -0.2) is 64.6 Å². The third kappa shape index (κ3) is 5.17. The number of nitrogens with zero attached hydrogens (tertiary/aromatic N) is 5. The highest BCUT2D eigenvalue weighted by molar-refractivity contribution is 7.99. The molecule has 1 fully saturated rings. The predicted octanol–water partition coefficient (Wildman–Crippen LogP) is 4.38. The number of ether oxygens (including phenoxy) is 1. The van der Waals surface area contributed by atoms with Crippen LogP contribution in [0.2, 0.25) is 0 Å². The highest BCUT2D eigenvalue weighted by Crippen LogP contribution is 2.28. The van der Waals surface area contributed by atoms with E-state index in [0.717, 1.165) is 41.6 Å². The molecule has 0 N–H and O–H groups in total. The highest BCUT2D eigenvalue weighted by Gasteiger charge is 2.23. The van der Waals surface area contributed by atoms with Crippen molar-refractivity contribution >= 4 is 23.4 Å². The van der Waals surface area contributed by atoms with Crippen molar-refractivity contribution in [3.8, 4) is 22.8 Å². The van der Waals surface area contributed by atoms with Crippen molar-refractivity contribution in [3.05, 3.63) is 84.9 Å². The average molecular weight is 486 g/mol. The summed E-state index contributed by atoms with van der Waals surface area (Å²) in [6, 6.07) is 28.1. The summed E-state index contributed by atoms with van der Waals surface area (Å²) in [5.74, 6) is 2.05. The average Bonchev–Trinajstić information content (AvgIpc) is 3.37. The normalized spacial score (nSPS) is 13.6. The Labute approximate surface area is 209 Å². The fraction of sp³-hybridized carbons (Fsp3) is 0.222. The molecule has 1 saturated heterocycles. The molecule has 7 nitrogen and oxygen atoms in total. The summed E-state index contributed by atoms with van der Waals surface area (Å²) in [4.78, 5) is 17.3. The smallest absolute Gasteiger partial charge is 0.233 e. The molecule has 0 aliphatic carbocycles. The molecule has 8 heteroatoms. The van der Waals surface area contributed by atoms with Crippen molar-refractivity contribution in [2.45, 2.75) is 5.16 Å². The number of thioether (sulfide) groups is 1. The molecule has 1 aromatic heterocycles. The number of carbonyl (C=O) groups is 1. The van der Waals surface area contributed by atoms with E-state index in [9.17, 15) is 4.79 Å². The molecular formula is C27H27N5O2S. The maximum Gasteiger partial charge on any atom is 0.233 e. The van der Waals surface area contributed by atoms with Crippen LogP contribution in [0, 0.1) is 0 Å². The number of benzene rings is 3. The van der Waals surface area contributed by atoms with Gasteiger partial charge in [0.05, 0.1) is 12.9 Å². The van der Waals surface area contributed by atoms with Gasteiger partial charge in [-0.25, -0.2) is 0 Å². The molecule has 0 spiro atoms. The number of aromatic nitrogens is 3. The molecule has 1 aliphatic heterocycles. The number of amides is 1. The number of carbonyl (C=O) groups excluding carboxylic acids is 1. The fourth-order valence-electron chi connectivity index (χ4n) is 4.17. The van der Waals surface area contributed by atoms with Crippen LogP contribution in [-0.2, 0) is 4.79 Å². The van der Waals surface area contributed by atoms with Gasteiger partial charge < -0.3 is 14.5 Å². The lowest BCUT2D eigenvalue weighted by atomic mass is 10.2. The zero-order valence-corrected chi connectivity index (χ0v) is 20.4. The Morgan fingerprint density at radius 2 is 1.49 bits per heavy atom. The molecule has 0 atom stereocenters. The third-order valence-corrected chi connectivity index (χ3v) is 6.99. The fourth-order valence-corrected chi connectivity index (χ4v) is 5.03. The van der Waals surface area contributed by atoms with E-state index in [1.807, 2.05) is 82.3 Å². The number of para-hydroxylation sites is 1. The second kappa shape index (κ2) is 10.7. The first-order chi connectivity index (χ1) is 17.2. The van der Waals surface area contributed by atoms with Crippen molar-refractivity contribution < 1.29 is 9.53 Å². The maximum absolute atomic E-state index is 13.0. The van der Waals surface area contributed by atoms with Crippen LogP contribution < -0.4 is 9.64 Å². The molecule has 2 heterocycles. The second-order valence-electron chi connectivity index (χ2n) is 8.20. The lowest BCUT2D eigenvalue weighted by molar-refractivity contribution is -0.128. The zero-order chi connectivity index (χ0) is 24.0. The van der Waals surface area contributed by atoms with Crippen LogP contribution in [0.15, 0.2) is 90.1 Å². The molecule has 35 heavy (non-hydrogen) atoms. The van der Waals surface area contributed by atoms with Crippen LogP contribution in [0.5, 0.6) is 5.75 Å². The molecule has 0 unspecified atom stereocenters. The minimum absolute atomic E-state index is 0.119. The summed E-state index contributed by atoms with van der Waals surface area (Å²) in [5, 5.41) is 9.61. The largest absolute Gasteiger partial charge is 0.497 e. The van der Waals surface area contributed by atoms with Crippen LogP contribution in [0.25, 0.3) is 17.1 Å². The van der Waals surface area contributed by atoms with Crippen molar-refractivity contribution in [3.63, 3.8) is 0 Å². The lowest BCUT2D eigenvalue weighted by Gasteiger charge is -2.36. The van der Waals surface area contributed by atoms with Gasteiger partial charge in [-0.05, 0) is 36.4 Å². The minimum Gasteiger partial charge on any atom is -0.497 e. The van der Waals surface area contributed by atoms with Crippen molar-refractivity contribution in [1.82, 2.24) is 19.7 Å². The van der Waals surface area contributed by atoms with E-state index in [-0.39, 0.29) is 5.91 Å². The summed E-state index contributed by atoms with van der Waals surface area (Å²) in [6.45, 7) is 3.01. The molecule has 4 aromatic rings. The van der Waals surface area contributed by atoms with E-state index in [1.165, 1.54) is 11.8 Å². The summed E-state index contributed by atoms with van der Waals surface area (Å²) in [7, 11) is 1.67. The van der Waals surface area contributed by atoms with Gasteiger partial charge in [0.25, 0.3) is 0 Å². The van der Waals surface area contributed by atoms with Gasteiger partial charge in [0.2, 0.25) is 5.91 Å². The summed E-state index contributed by atoms with van der Waals surface area (Å²) in [6.07, 6.45) is 0. The maximum atomic E-state index is 13.0. The van der Waals surface area contributed by atoms with Gasteiger partial charge in [0, 0.05) is 43.1 Å². The summed E-state index contributed by atoms with van der Waals surface area (Å²) in [5.41, 5.74) is 3.10. The molecular weight excluding hydrogens is 458 g/mol. The number of hydrogen-bond acceptors (Lipinski definition) is 6. The van der Waals surface area contributed by atoms with E-state index < -0.39 is 0 Å². The first kappa shape index (κ1) is 23.0. The molecule has 178 valence electrons. The molecule has 3 aromatic carbocycles. The Hall–Kier alpha value is -3.78. The van der Waals surface area contributed by atoms with Gasteiger partial charge in [-0.3, -0.25) is 9.36 Å². The van der Waals surface area contributed by atoms with Crippen molar-refractivity contribution in [1.29, 1.82) is 0 Å². The predicted molar refractivity (Wildman–Crippen MR) is 139 cm³/mol. The first-order valence-corrected chi connectivity index (χ1v) is 12.6. The Morgan fingerprint density at radius 3 is 2.14 bits per heavy atom. The first-order valence-electron chi connectivity index (χ1n) is 11.6. The Bertz CT molecular complexity index is 1250. The number of hydrogen-bond donors (Lipinski definition) is 0. The number of methoxy groups -OCH3 is 1. The topological polar surface area (TPSA) is 63.5 Å². The molecule has 0 radical (unpaired) electrons. The van der Waals surface area contributed by atoms with Gasteiger partial charge in [0.1, 0.15) is 5.75 Å². The Morgan fingerprint density at radius 1 is 0.829 bits per heavy atom. The van der Waals surface area contributed by atoms with Gasteiger partial charge in [0.15, 0.2) is 11.0 Å².